The smallest absolute Gasteiger partial charge is 0.305 e. The van der Waals surface area contributed by atoms with Gasteiger partial charge in [0.25, 0.3) is 0 Å². The zero-order valence-electron chi connectivity index (χ0n) is 9.31. The fraction of sp³-hybridized carbons (Fsp3) is 0.818. The summed E-state index contributed by atoms with van der Waals surface area (Å²) in [4.78, 5) is 22.3. The topological polar surface area (TPSA) is 75.6 Å². The van der Waals surface area contributed by atoms with Crippen molar-refractivity contribution in [3.8, 4) is 0 Å². The van der Waals surface area contributed by atoms with E-state index in [0.29, 0.717) is 0 Å². The van der Waals surface area contributed by atoms with E-state index in [1.54, 1.807) is 6.92 Å². The summed E-state index contributed by atoms with van der Waals surface area (Å²) in [5.41, 5.74) is 0. The van der Waals surface area contributed by atoms with Crippen LogP contribution in [0, 0.1) is 5.92 Å². The van der Waals surface area contributed by atoms with Gasteiger partial charge in [-0.1, -0.05) is 0 Å². The molecule has 0 spiro atoms. The molecule has 2 bridgehead atoms. The fourth-order valence-electron chi connectivity index (χ4n) is 2.58. The van der Waals surface area contributed by atoms with Crippen molar-refractivity contribution in [3.63, 3.8) is 0 Å². The maximum Gasteiger partial charge on any atom is 0.305 e. The van der Waals surface area contributed by atoms with Crippen LogP contribution in [-0.2, 0) is 14.3 Å². The molecule has 5 heteroatoms. The Labute approximate surface area is 94.2 Å². The van der Waals surface area contributed by atoms with Gasteiger partial charge < -0.3 is 15.2 Å². The molecular formula is C11H17NO4. The Morgan fingerprint density at radius 1 is 1.50 bits per heavy atom. The minimum absolute atomic E-state index is 0.0343. The lowest BCUT2D eigenvalue weighted by atomic mass is 9.88. The van der Waals surface area contributed by atoms with Gasteiger partial charge in [-0.2, -0.15) is 0 Å². The van der Waals surface area contributed by atoms with Gasteiger partial charge in [0.2, 0.25) is 5.91 Å². The van der Waals surface area contributed by atoms with E-state index in [1.807, 2.05) is 0 Å². The number of carbonyl (C=O) groups excluding carboxylic acids is 1. The van der Waals surface area contributed by atoms with E-state index in [-0.39, 0.29) is 36.5 Å². The highest BCUT2D eigenvalue weighted by Crippen LogP contribution is 2.38. The second-order valence-corrected chi connectivity index (χ2v) is 4.72. The highest BCUT2D eigenvalue weighted by molar-refractivity contribution is 5.80. The van der Waals surface area contributed by atoms with Crippen LogP contribution in [0.1, 0.15) is 32.6 Å². The summed E-state index contributed by atoms with van der Waals surface area (Å²) in [6.45, 7) is 1.71. The van der Waals surface area contributed by atoms with Gasteiger partial charge in [-0.15, -0.1) is 0 Å². The van der Waals surface area contributed by atoms with Crippen molar-refractivity contribution >= 4 is 11.9 Å². The van der Waals surface area contributed by atoms with Gasteiger partial charge in [-0.3, -0.25) is 9.59 Å². The lowest BCUT2D eigenvalue weighted by Crippen LogP contribution is -2.41. The normalized spacial score (nSPS) is 33.7. The molecule has 2 aliphatic rings. The molecule has 2 N–H and O–H groups in total. The van der Waals surface area contributed by atoms with Crippen LogP contribution in [-0.4, -0.2) is 35.2 Å². The molecule has 1 unspecified atom stereocenters. The molecule has 16 heavy (non-hydrogen) atoms. The van der Waals surface area contributed by atoms with Crippen molar-refractivity contribution in [1.82, 2.24) is 5.32 Å². The quantitative estimate of drug-likeness (QED) is 0.734. The Morgan fingerprint density at radius 2 is 2.25 bits per heavy atom. The average Bonchev–Trinajstić information content (AvgIpc) is 2.76. The van der Waals surface area contributed by atoms with Crippen molar-refractivity contribution in [1.29, 1.82) is 0 Å². The summed E-state index contributed by atoms with van der Waals surface area (Å²) in [6, 6.07) is -0.316. The van der Waals surface area contributed by atoms with E-state index in [0.717, 1.165) is 19.3 Å². The van der Waals surface area contributed by atoms with Crippen LogP contribution in [0.3, 0.4) is 0 Å². The molecule has 90 valence electrons. The molecule has 2 fully saturated rings. The summed E-state index contributed by atoms with van der Waals surface area (Å²) in [5.74, 6) is -1.02. The predicted molar refractivity (Wildman–Crippen MR) is 55.9 cm³/mol. The summed E-state index contributed by atoms with van der Waals surface area (Å²) >= 11 is 0. The van der Waals surface area contributed by atoms with Crippen LogP contribution in [0.5, 0.6) is 0 Å². The molecule has 2 rings (SSSR count). The third-order valence-corrected chi connectivity index (χ3v) is 3.31. The number of carboxylic acid groups (broad SMARTS) is 1. The molecular weight excluding hydrogens is 210 g/mol. The summed E-state index contributed by atoms with van der Waals surface area (Å²) in [5, 5.41) is 11.3. The maximum absolute atomic E-state index is 11.8. The molecule has 4 atom stereocenters. The second kappa shape index (κ2) is 4.41. The van der Waals surface area contributed by atoms with Gasteiger partial charge in [0.15, 0.2) is 0 Å². The molecule has 0 radical (unpaired) electrons. The summed E-state index contributed by atoms with van der Waals surface area (Å²) in [6.07, 6.45) is 3.07. The maximum atomic E-state index is 11.8. The molecule has 2 heterocycles. The first kappa shape index (κ1) is 11.4. The predicted octanol–water partition coefficient (Wildman–Crippen LogP) is 0.533. The van der Waals surface area contributed by atoms with Crippen LogP contribution in [0.2, 0.25) is 0 Å². The van der Waals surface area contributed by atoms with Crippen molar-refractivity contribution < 1.29 is 19.4 Å². The Bertz CT molecular complexity index is 304. The average molecular weight is 227 g/mol. The monoisotopic (exact) mass is 227 g/mol. The van der Waals surface area contributed by atoms with Crippen molar-refractivity contribution in [2.24, 2.45) is 5.92 Å². The molecule has 0 aromatic carbocycles. The third-order valence-electron chi connectivity index (χ3n) is 3.31. The van der Waals surface area contributed by atoms with Gasteiger partial charge in [-0.25, -0.2) is 0 Å². The van der Waals surface area contributed by atoms with Crippen LogP contribution < -0.4 is 5.32 Å². The van der Waals surface area contributed by atoms with Crippen LogP contribution in [0.15, 0.2) is 0 Å². The number of hydrogen-bond acceptors (Lipinski definition) is 3. The molecule has 2 saturated heterocycles. The van der Waals surface area contributed by atoms with E-state index in [9.17, 15) is 9.59 Å². The third kappa shape index (κ3) is 2.35. The number of rotatable bonds is 4. The van der Waals surface area contributed by atoms with E-state index in [2.05, 4.69) is 5.32 Å². The summed E-state index contributed by atoms with van der Waals surface area (Å²) in [7, 11) is 0. The number of aliphatic carboxylic acids is 1. The van der Waals surface area contributed by atoms with Gasteiger partial charge in [0, 0.05) is 6.04 Å². The first-order valence-corrected chi connectivity index (χ1v) is 5.74. The number of nitrogens with one attached hydrogen (secondary N) is 1. The van der Waals surface area contributed by atoms with Gasteiger partial charge >= 0.3 is 5.97 Å². The first-order chi connectivity index (χ1) is 7.56. The Balaban J connectivity index is 1.82. The van der Waals surface area contributed by atoms with Crippen molar-refractivity contribution in [2.45, 2.75) is 50.9 Å². The highest BCUT2D eigenvalue weighted by Gasteiger charge is 2.44. The number of carboxylic acids is 1. The molecule has 0 aromatic rings. The first-order valence-electron chi connectivity index (χ1n) is 5.74. The largest absolute Gasteiger partial charge is 0.481 e. The van der Waals surface area contributed by atoms with Gasteiger partial charge in [0.1, 0.15) is 0 Å². The SMILES string of the molecule is CC(CC(=O)O)NC(=O)[C@@H]1C[C@H]2CC[C@@H]1O2. The molecule has 5 nitrogen and oxygen atoms in total. The van der Waals surface area contributed by atoms with Crippen molar-refractivity contribution in [3.05, 3.63) is 0 Å². The zero-order valence-corrected chi connectivity index (χ0v) is 9.31. The Kier molecular flexibility index (Phi) is 3.14. The number of amides is 1. The van der Waals surface area contributed by atoms with Crippen molar-refractivity contribution in [2.75, 3.05) is 0 Å². The molecule has 0 aliphatic carbocycles. The number of ether oxygens (including phenoxy) is 1. The molecule has 0 aromatic heterocycles. The highest BCUT2D eigenvalue weighted by atomic mass is 16.5. The number of fused-ring (bicyclic) bond motifs is 2. The minimum Gasteiger partial charge on any atom is -0.481 e. The lowest BCUT2D eigenvalue weighted by molar-refractivity contribution is -0.137. The number of carbonyl (C=O) groups is 2. The summed E-state index contributed by atoms with van der Waals surface area (Å²) < 4.78 is 5.59. The van der Waals surface area contributed by atoms with Gasteiger partial charge in [-0.05, 0) is 26.2 Å². The van der Waals surface area contributed by atoms with E-state index in [4.69, 9.17) is 9.84 Å². The molecule has 0 saturated carbocycles. The Morgan fingerprint density at radius 3 is 2.75 bits per heavy atom. The van der Waals surface area contributed by atoms with E-state index >= 15 is 0 Å². The van der Waals surface area contributed by atoms with Crippen LogP contribution >= 0.6 is 0 Å². The van der Waals surface area contributed by atoms with E-state index < -0.39 is 5.97 Å². The number of hydrogen-bond donors (Lipinski definition) is 2. The Hall–Kier alpha value is -1.10. The zero-order chi connectivity index (χ0) is 11.7. The standard InChI is InChI=1S/C11H17NO4/c1-6(4-10(13)14)12-11(15)8-5-7-2-3-9(8)16-7/h6-9H,2-5H2,1H3,(H,12,15)(H,13,14)/t6?,7-,8-,9+/m1/s1. The second-order valence-electron chi connectivity index (χ2n) is 4.72. The lowest BCUT2D eigenvalue weighted by Gasteiger charge is -2.20. The van der Waals surface area contributed by atoms with Gasteiger partial charge in [0.05, 0.1) is 24.5 Å². The molecule has 2 aliphatic heterocycles. The van der Waals surface area contributed by atoms with E-state index in [1.165, 1.54) is 0 Å². The fourth-order valence-corrected chi connectivity index (χ4v) is 2.58. The van der Waals surface area contributed by atoms with Crippen LogP contribution in [0.4, 0.5) is 0 Å². The molecule has 1 amide bonds. The minimum atomic E-state index is -0.892. The van der Waals surface area contributed by atoms with Crippen LogP contribution in [0.25, 0.3) is 0 Å².